The largest absolute Gasteiger partial charge is 0.351 e. The van der Waals surface area contributed by atoms with Gasteiger partial charge in [-0.3, -0.25) is 14.5 Å². The molecule has 5 heteroatoms. The fourth-order valence-electron chi connectivity index (χ4n) is 2.88. The number of pyridine rings is 1. The van der Waals surface area contributed by atoms with Gasteiger partial charge in [0, 0.05) is 43.3 Å². The summed E-state index contributed by atoms with van der Waals surface area (Å²) in [6.45, 7) is 2.49. The van der Waals surface area contributed by atoms with Gasteiger partial charge in [0.2, 0.25) is 5.91 Å². The van der Waals surface area contributed by atoms with Gasteiger partial charge in [0.25, 0.3) is 0 Å². The molecule has 3 aromatic rings. The lowest BCUT2D eigenvalue weighted by Crippen LogP contribution is -2.28. The van der Waals surface area contributed by atoms with Crippen LogP contribution in [0.2, 0.25) is 0 Å². The summed E-state index contributed by atoms with van der Waals surface area (Å²) in [5.41, 5.74) is 4.02. The fourth-order valence-corrected chi connectivity index (χ4v) is 2.88. The SMILES string of the molecule is CC[C@H](C(=O)NCc1cncc(-c2cnn(C)c2)c1)c1ccccc1. The Morgan fingerprint density at radius 2 is 1.96 bits per heavy atom. The van der Waals surface area contributed by atoms with Gasteiger partial charge < -0.3 is 5.32 Å². The van der Waals surface area contributed by atoms with E-state index < -0.39 is 0 Å². The number of benzene rings is 1. The summed E-state index contributed by atoms with van der Waals surface area (Å²) in [5.74, 6) is -0.0869. The van der Waals surface area contributed by atoms with E-state index >= 15 is 0 Å². The number of nitrogens with zero attached hydrogens (tertiary/aromatic N) is 3. The van der Waals surface area contributed by atoms with E-state index in [4.69, 9.17) is 0 Å². The van der Waals surface area contributed by atoms with E-state index in [9.17, 15) is 4.79 Å². The van der Waals surface area contributed by atoms with Crippen LogP contribution in [0.5, 0.6) is 0 Å². The summed E-state index contributed by atoms with van der Waals surface area (Å²) in [6, 6.07) is 11.9. The van der Waals surface area contributed by atoms with Gasteiger partial charge >= 0.3 is 0 Å². The minimum Gasteiger partial charge on any atom is -0.351 e. The fraction of sp³-hybridized carbons (Fsp3) is 0.250. The van der Waals surface area contributed by atoms with Crippen molar-refractivity contribution in [2.45, 2.75) is 25.8 Å². The predicted octanol–water partition coefficient (Wildman–Crippen LogP) is 3.29. The number of carbonyl (C=O) groups excluding carboxylic acids is 1. The van der Waals surface area contributed by atoms with E-state index in [-0.39, 0.29) is 11.8 Å². The van der Waals surface area contributed by atoms with Crippen LogP contribution in [0.15, 0.2) is 61.2 Å². The molecule has 0 spiro atoms. The van der Waals surface area contributed by atoms with E-state index in [1.165, 1.54) is 0 Å². The van der Waals surface area contributed by atoms with E-state index in [1.54, 1.807) is 17.1 Å². The highest BCUT2D eigenvalue weighted by atomic mass is 16.1. The molecule has 0 fully saturated rings. The van der Waals surface area contributed by atoms with Crippen molar-refractivity contribution < 1.29 is 4.79 Å². The van der Waals surface area contributed by atoms with Crippen LogP contribution in [-0.4, -0.2) is 20.7 Å². The first kappa shape index (κ1) is 16.9. The Hall–Kier alpha value is -2.95. The normalized spacial score (nSPS) is 11.9. The third-order valence-electron chi connectivity index (χ3n) is 4.23. The Balaban J connectivity index is 1.68. The van der Waals surface area contributed by atoms with E-state index in [1.807, 2.05) is 62.8 Å². The second-order valence-electron chi connectivity index (χ2n) is 6.07. The zero-order valence-corrected chi connectivity index (χ0v) is 14.5. The molecule has 0 bridgehead atoms. The molecule has 0 aliphatic rings. The maximum absolute atomic E-state index is 12.6. The van der Waals surface area contributed by atoms with Gasteiger partial charge in [-0.1, -0.05) is 37.3 Å². The average Bonchev–Trinajstić information content (AvgIpc) is 3.08. The third kappa shape index (κ3) is 4.12. The highest BCUT2D eigenvalue weighted by molar-refractivity contribution is 5.83. The molecule has 5 nitrogen and oxygen atoms in total. The number of hydrogen-bond donors (Lipinski definition) is 1. The highest BCUT2D eigenvalue weighted by Crippen LogP contribution is 2.20. The molecule has 1 aromatic carbocycles. The maximum Gasteiger partial charge on any atom is 0.227 e. The zero-order chi connectivity index (χ0) is 17.6. The number of carbonyl (C=O) groups is 1. The van der Waals surface area contributed by atoms with Crippen molar-refractivity contribution in [1.82, 2.24) is 20.1 Å². The monoisotopic (exact) mass is 334 g/mol. The van der Waals surface area contributed by atoms with Crippen molar-refractivity contribution in [1.29, 1.82) is 0 Å². The van der Waals surface area contributed by atoms with Crippen LogP contribution in [0.3, 0.4) is 0 Å². The van der Waals surface area contributed by atoms with Crippen LogP contribution in [-0.2, 0) is 18.4 Å². The van der Waals surface area contributed by atoms with Gasteiger partial charge in [-0.25, -0.2) is 0 Å². The molecule has 1 atom stereocenters. The number of aromatic nitrogens is 3. The summed E-state index contributed by atoms with van der Waals surface area (Å²) in [7, 11) is 1.88. The van der Waals surface area contributed by atoms with Crippen LogP contribution < -0.4 is 5.32 Å². The molecule has 3 rings (SSSR count). The third-order valence-corrected chi connectivity index (χ3v) is 4.23. The van der Waals surface area contributed by atoms with E-state index in [0.717, 1.165) is 28.7 Å². The molecular weight excluding hydrogens is 312 g/mol. The summed E-state index contributed by atoms with van der Waals surface area (Å²) >= 11 is 0. The van der Waals surface area contributed by atoms with Crippen LogP contribution >= 0.6 is 0 Å². The standard InChI is InChI=1S/C20H22N4O/c1-3-19(16-7-5-4-6-8-16)20(25)22-11-15-9-17(12-21-10-15)18-13-23-24(2)14-18/h4-10,12-14,19H,3,11H2,1-2H3,(H,22,25)/t19-/m0/s1. The topological polar surface area (TPSA) is 59.8 Å². The smallest absolute Gasteiger partial charge is 0.227 e. The molecule has 2 heterocycles. The Kier molecular flexibility index (Phi) is 5.23. The maximum atomic E-state index is 12.6. The summed E-state index contributed by atoms with van der Waals surface area (Å²) in [4.78, 5) is 16.8. The van der Waals surface area contributed by atoms with Gasteiger partial charge in [0.15, 0.2) is 0 Å². The zero-order valence-electron chi connectivity index (χ0n) is 14.5. The minimum absolute atomic E-state index is 0.0421. The molecule has 0 aliphatic heterocycles. The van der Waals surface area contributed by atoms with Gasteiger partial charge in [0.05, 0.1) is 12.1 Å². The van der Waals surface area contributed by atoms with Crippen molar-refractivity contribution in [2.24, 2.45) is 7.05 Å². The highest BCUT2D eigenvalue weighted by Gasteiger charge is 2.18. The summed E-state index contributed by atoms with van der Waals surface area (Å²) in [6.07, 6.45) is 8.11. The van der Waals surface area contributed by atoms with Crippen LogP contribution in [0.4, 0.5) is 0 Å². The number of nitrogens with one attached hydrogen (secondary N) is 1. The lowest BCUT2D eigenvalue weighted by Gasteiger charge is -2.15. The summed E-state index contributed by atoms with van der Waals surface area (Å²) in [5, 5.41) is 7.22. The lowest BCUT2D eigenvalue weighted by molar-refractivity contribution is -0.122. The molecule has 0 unspecified atom stereocenters. The van der Waals surface area contributed by atoms with E-state index in [0.29, 0.717) is 6.54 Å². The van der Waals surface area contributed by atoms with Crippen molar-refractivity contribution in [2.75, 3.05) is 0 Å². The van der Waals surface area contributed by atoms with Crippen molar-refractivity contribution in [3.05, 3.63) is 72.3 Å². The van der Waals surface area contributed by atoms with Crippen LogP contribution in [0, 0.1) is 0 Å². The predicted molar refractivity (Wildman–Crippen MR) is 97.8 cm³/mol. The van der Waals surface area contributed by atoms with E-state index in [2.05, 4.69) is 15.4 Å². The summed E-state index contributed by atoms with van der Waals surface area (Å²) < 4.78 is 1.76. The minimum atomic E-state index is -0.129. The molecule has 2 aromatic heterocycles. The van der Waals surface area contributed by atoms with Gasteiger partial charge in [-0.2, -0.15) is 5.10 Å². The molecule has 0 aliphatic carbocycles. The van der Waals surface area contributed by atoms with Gasteiger partial charge in [-0.15, -0.1) is 0 Å². The Bertz CT molecular complexity index is 842. The molecule has 1 amide bonds. The van der Waals surface area contributed by atoms with Crippen molar-refractivity contribution in [3.63, 3.8) is 0 Å². The molecule has 1 N–H and O–H groups in total. The Morgan fingerprint density at radius 1 is 1.16 bits per heavy atom. The molecule has 0 saturated heterocycles. The Labute approximate surface area is 147 Å². The second kappa shape index (κ2) is 7.75. The van der Waals surface area contributed by atoms with Gasteiger partial charge in [-0.05, 0) is 23.6 Å². The van der Waals surface area contributed by atoms with Crippen LogP contribution in [0.25, 0.3) is 11.1 Å². The Morgan fingerprint density at radius 3 is 2.64 bits per heavy atom. The average molecular weight is 334 g/mol. The number of rotatable bonds is 6. The van der Waals surface area contributed by atoms with Crippen molar-refractivity contribution >= 4 is 5.91 Å². The number of amides is 1. The molecule has 0 radical (unpaired) electrons. The number of hydrogen-bond acceptors (Lipinski definition) is 3. The molecule has 0 saturated carbocycles. The molecular formula is C20H22N4O. The second-order valence-corrected chi connectivity index (χ2v) is 6.07. The van der Waals surface area contributed by atoms with Crippen molar-refractivity contribution in [3.8, 4) is 11.1 Å². The lowest BCUT2D eigenvalue weighted by atomic mass is 9.95. The molecule has 128 valence electrons. The van der Waals surface area contributed by atoms with Crippen LogP contribution in [0.1, 0.15) is 30.4 Å². The first-order valence-corrected chi connectivity index (χ1v) is 8.43. The first-order valence-electron chi connectivity index (χ1n) is 8.43. The number of aryl methyl sites for hydroxylation is 1. The first-order chi connectivity index (χ1) is 12.2. The molecule has 25 heavy (non-hydrogen) atoms. The quantitative estimate of drug-likeness (QED) is 0.752. The van der Waals surface area contributed by atoms with Gasteiger partial charge in [0.1, 0.15) is 0 Å².